The SMILES string of the molecule is CNC(=O)N1CCN(CCC[C@@]2(c3ccccc3)C(C(C)=O)=NN3c4cc(F)ccc4OCC32)CC1. The minimum Gasteiger partial charge on any atom is -0.489 e. The maximum absolute atomic E-state index is 14.2. The minimum atomic E-state index is -0.680. The highest BCUT2D eigenvalue weighted by molar-refractivity contribution is 6.43. The Balaban J connectivity index is 1.42. The molecule has 0 aliphatic carbocycles. The van der Waals surface area contributed by atoms with Crippen LogP contribution in [0.5, 0.6) is 5.75 Å². The number of ketones is 1. The largest absolute Gasteiger partial charge is 0.489 e. The maximum atomic E-state index is 14.2. The van der Waals surface area contributed by atoms with Gasteiger partial charge in [0, 0.05) is 46.2 Å². The van der Waals surface area contributed by atoms with Crippen molar-refractivity contribution in [2.24, 2.45) is 5.10 Å². The number of ether oxygens (including phenoxy) is 1. The molecule has 1 saturated heterocycles. The van der Waals surface area contributed by atoms with E-state index in [1.54, 1.807) is 25.0 Å². The first kappa shape index (κ1) is 24.2. The second kappa shape index (κ2) is 9.89. The van der Waals surface area contributed by atoms with Crippen LogP contribution in [0.4, 0.5) is 14.9 Å². The Hall–Kier alpha value is -3.46. The molecule has 0 radical (unpaired) electrons. The fraction of sp³-hybridized carbons (Fsp3) is 0.444. The summed E-state index contributed by atoms with van der Waals surface area (Å²) in [7, 11) is 1.65. The highest BCUT2D eigenvalue weighted by Gasteiger charge is 2.55. The van der Waals surface area contributed by atoms with Crippen LogP contribution in [-0.2, 0) is 10.2 Å². The molecule has 2 aromatic carbocycles. The van der Waals surface area contributed by atoms with Crippen molar-refractivity contribution in [3.63, 3.8) is 0 Å². The third kappa shape index (κ3) is 4.21. The number of benzene rings is 2. The number of anilines is 1. The average Bonchev–Trinajstić information content (AvgIpc) is 3.25. The topological polar surface area (TPSA) is 77.5 Å². The normalized spacial score (nSPS) is 23.4. The van der Waals surface area contributed by atoms with E-state index in [0.29, 0.717) is 43.3 Å². The van der Waals surface area contributed by atoms with Crippen LogP contribution in [0.3, 0.4) is 0 Å². The van der Waals surface area contributed by atoms with Gasteiger partial charge in [0.2, 0.25) is 0 Å². The van der Waals surface area contributed by atoms with Crippen molar-refractivity contribution < 1.29 is 18.7 Å². The molecule has 8 nitrogen and oxygen atoms in total. The van der Waals surface area contributed by atoms with Crippen molar-refractivity contribution in [2.45, 2.75) is 31.2 Å². The maximum Gasteiger partial charge on any atom is 0.317 e. The summed E-state index contributed by atoms with van der Waals surface area (Å²) in [5, 5.41) is 9.30. The van der Waals surface area contributed by atoms with Gasteiger partial charge >= 0.3 is 6.03 Å². The number of hydrogen-bond acceptors (Lipinski definition) is 6. The predicted molar refractivity (Wildman–Crippen MR) is 136 cm³/mol. The van der Waals surface area contributed by atoms with Crippen molar-refractivity contribution in [1.29, 1.82) is 0 Å². The van der Waals surface area contributed by atoms with Gasteiger partial charge < -0.3 is 15.0 Å². The second-order valence-corrected chi connectivity index (χ2v) is 9.61. The summed E-state index contributed by atoms with van der Waals surface area (Å²) in [4.78, 5) is 29.1. The Morgan fingerprint density at radius 2 is 1.89 bits per heavy atom. The molecule has 3 aliphatic heterocycles. The molecule has 0 aromatic heterocycles. The minimum absolute atomic E-state index is 0.0416. The van der Waals surface area contributed by atoms with Crippen LogP contribution in [0.15, 0.2) is 53.6 Å². The first-order valence-corrected chi connectivity index (χ1v) is 12.5. The van der Waals surface area contributed by atoms with E-state index in [2.05, 4.69) is 10.2 Å². The number of hydrogen-bond donors (Lipinski definition) is 1. The highest BCUT2D eigenvalue weighted by Crippen LogP contribution is 2.48. The van der Waals surface area contributed by atoms with E-state index >= 15 is 0 Å². The number of carbonyl (C=O) groups excluding carboxylic acids is 2. The van der Waals surface area contributed by atoms with Gasteiger partial charge in [-0.1, -0.05) is 30.3 Å². The summed E-state index contributed by atoms with van der Waals surface area (Å²) in [6, 6.07) is 14.1. The molecule has 2 amide bonds. The molecule has 9 heteroatoms. The van der Waals surface area contributed by atoms with Crippen molar-refractivity contribution in [3.8, 4) is 5.75 Å². The molecule has 5 rings (SSSR count). The molecule has 2 aromatic rings. The van der Waals surface area contributed by atoms with E-state index in [1.165, 1.54) is 12.1 Å². The molecule has 36 heavy (non-hydrogen) atoms. The smallest absolute Gasteiger partial charge is 0.317 e. The molecule has 1 unspecified atom stereocenters. The molecule has 2 atom stereocenters. The summed E-state index contributed by atoms with van der Waals surface area (Å²) in [6.07, 6.45) is 1.53. The van der Waals surface area contributed by atoms with E-state index in [0.717, 1.165) is 31.6 Å². The first-order chi connectivity index (χ1) is 17.4. The van der Waals surface area contributed by atoms with Gasteiger partial charge in [-0.15, -0.1) is 0 Å². The Kier molecular flexibility index (Phi) is 6.66. The number of hydrazone groups is 1. The number of halogens is 1. The van der Waals surface area contributed by atoms with Crippen molar-refractivity contribution in [1.82, 2.24) is 15.1 Å². The third-order valence-electron chi connectivity index (χ3n) is 7.60. The second-order valence-electron chi connectivity index (χ2n) is 9.61. The van der Waals surface area contributed by atoms with Gasteiger partial charge in [0.1, 0.15) is 35.6 Å². The molecule has 1 fully saturated rings. The summed E-state index contributed by atoms with van der Waals surface area (Å²) < 4.78 is 20.3. The van der Waals surface area contributed by atoms with Crippen LogP contribution in [0.25, 0.3) is 0 Å². The lowest BCUT2D eigenvalue weighted by molar-refractivity contribution is -0.111. The zero-order valence-corrected chi connectivity index (χ0v) is 20.7. The highest BCUT2D eigenvalue weighted by atomic mass is 19.1. The number of carbonyl (C=O) groups is 2. The van der Waals surface area contributed by atoms with Gasteiger partial charge in [-0.3, -0.25) is 14.7 Å². The van der Waals surface area contributed by atoms with Gasteiger partial charge in [0.15, 0.2) is 5.78 Å². The lowest BCUT2D eigenvalue weighted by atomic mass is 9.67. The fourth-order valence-electron chi connectivity index (χ4n) is 5.82. The van der Waals surface area contributed by atoms with Crippen LogP contribution in [0.1, 0.15) is 25.3 Å². The van der Waals surface area contributed by atoms with Gasteiger partial charge in [-0.2, -0.15) is 5.10 Å². The average molecular weight is 494 g/mol. The van der Waals surface area contributed by atoms with Gasteiger partial charge in [0.25, 0.3) is 0 Å². The molecule has 0 spiro atoms. The Morgan fingerprint density at radius 3 is 2.58 bits per heavy atom. The summed E-state index contributed by atoms with van der Waals surface area (Å²) >= 11 is 0. The molecular weight excluding hydrogens is 461 g/mol. The van der Waals surface area contributed by atoms with Crippen LogP contribution >= 0.6 is 0 Å². The van der Waals surface area contributed by atoms with Crippen LogP contribution in [-0.4, -0.2) is 79.7 Å². The number of piperazine rings is 1. The molecular formula is C27H32FN5O3. The number of fused-ring (bicyclic) bond motifs is 3. The van der Waals surface area contributed by atoms with Gasteiger partial charge in [-0.25, -0.2) is 9.18 Å². The number of Topliss-reactive ketones (excluding diaryl/α,β-unsaturated/α-hetero) is 1. The van der Waals surface area contributed by atoms with Crippen LogP contribution in [0, 0.1) is 5.82 Å². The Bertz CT molecular complexity index is 1170. The molecule has 190 valence electrons. The molecule has 1 N–H and O–H groups in total. The van der Waals surface area contributed by atoms with Crippen molar-refractivity contribution in [3.05, 3.63) is 59.9 Å². The zero-order chi connectivity index (χ0) is 25.3. The number of urea groups is 1. The summed E-state index contributed by atoms with van der Waals surface area (Å²) in [5.41, 5.74) is 1.37. The first-order valence-electron chi connectivity index (χ1n) is 12.5. The number of nitrogens with zero attached hydrogens (tertiary/aromatic N) is 4. The van der Waals surface area contributed by atoms with Crippen molar-refractivity contribution in [2.75, 3.05) is 51.4 Å². The molecule has 3 heterocycles. The lowest BCUT2D eigenvalue weighted by Crippen LogP contribution is -2.54. The zero-order valence-electron chi connectivity index (χ0n) is 20.7. The van der Waals surface area contributed by atoms with E-state index < -0.39 is 5.41 Å². The van der Waals surface area contributed by atoms with Crippen LogP contribution < -0.4 is 15.1 Å². The lowest BCUT2D eigenvalue weighted by Gasteiger charge is -2.42. The number of rotatable bonds is 6. The Labute approximate surface area is 210 Å². The predicted octanol–water partition coefficient (Wildman–Crippen LogP) is 3.03. The van der Waals surface area contributed by atoms with Crippen molar-refractivity contribution >= 4 is 23.2 Å². The van der Waals surface area contributed by atoms with E-state index in [4.69, 9.17) is 9.84 Å². The Morgan fingerprint density at radius 1 is 1.14 bits per heavy atom. The molecule has 0 saturated carbocycles. The number of nitrogens with one attached hydrogen (secondary N) is 1. The van der Waals surface area contributed by atoms with Crippen LogP contribution in [0.2, 0.25) is 0 Å². The molecule has 0 bridgehead atoms. The summed E-state index contributed by atoms with van der Waals surface area (Å²) in [6.45, 7) is 5.75. The molecule has 3 aliphatic rings. The van der Waals surface area contributed by atoms with E-state index in [-0.39, 0.29) is 23.7 Å². The van der Waals surface area contributed by atoms with Gasteiger partial charge in [0.05, 0.1) is 5.41 Å². The standard InChI is InChI=1S/C27H32FN5O3/c1-19(34)25-27(20-7-4-3-5-8-20,11-6-12-31-13-15-32(16-14-31)26(35)29-2)24-18-36-23-10-9-21(28)17-22(23)33(24)30-25/h3-5,7-10,17,24H,6,11-16,18H2,1-2H3,(H,29,35)/t24?,27-/m0/s1. The summed E-state index contributed by atoms with van der Waals surface area (Å²) in [5.74, 6) is 0.105. The van der Waals surface area contributed by atoms with E-state index in [1.807, 2.05) is 35.2 Å². The fourth-order valence-corrected chi connectivity index (χ4v) is 5.82. The van der Waals surface area contributed by atoms with Gasteiger partial charge in [-0.05, 0) is 37.1 Å². The third-order valence-corrected chi connectivity index (χ3v) is 7.60. The monoisotopic (exact) mass is 493 g/mol. The van der Waals surface area contributed by atoms with E-state index in [9.17, 15) is 14.0 Å². The quantitative estimate of drug-likeness (QED) is 0.670. The number of amides is 2.